The number of carboxylic acid groups (broad SMARTS) is 1. The first-order valence-corrected chi connectivity index (χ1v) is 7.76. The number of primary amides is 1. The molecule has 0 bridgehead atoms. The second-order valence-electron chi connectivity index (χ2n) is 3.27. The van der Waals surface area contributed by atoms with Crippen molar-refractivity contribution in [3.05, 3.63) is 27.9 Å². The van der Waals surface area contributed by atoms with Crippen LogP contribution in [0.15, 0.2) is 6.07 Å². The van der Waals surface area contributed by atoms with Crippen LogP contribution < -0.4 is 5.73 Å². The molecule has 0 saturated heterocycles. The molecule has 0 heterocycles. The van der Waals surface area contributed by atoms with E-state index in [9.17, 15) is 9.59 Å². The second kappa shape index (κ2) is 6.50. The van der Waals surface area contributed by atoms with E-state index in [4.69, 9.17) is 10.8 Å². The van der Waals surface area contributed by atoms with Crippen molar-refractivity contribution >= 4 is 79.6 Å². The molecule has 7 heteroatoms. The number of nitrogens with two attached hydrogens (primary N) is 1. The summed E-state index contributed by atoms with van der Waals surface area (Å²) in [6.45, 7) is 0. The average molecular weight is 571 g/mol. The number of carboxylic acids is 1. The normalized spacial score (nSPS) is 10.3. The highest BCUT2D eigenvalue weighted by Gasteiger charge is 2.18. The first-order valence-electron chi connectivity index (χ1n) is 4.52. The molecular weight excluding hydrogens is 563 g/mol. The van der Waals surface area contributed by atoms with Gasteiger partial charge in [0.05, 0.1) is 5.56 Å². The molecule has 0 fully saturated rings. The zero-order chi connectivity index (χ0) is 13.2. The van der Waals surface area contributed by atoms with E-state index < -0.39 is 11.9 Å². The topological polar surface area (TPSA) is 80.4 Å². The number of carbonyl (C=O) groups excluding carboxylic acids is 1. The molecule has 1 rings (SSSR count). The smallest absolute Gasteiger partial charge is 0.303 e. The zero-order valence-corrected chi connectivity index (χ0v) is 14.9. The van der Waals surface area contributed by atoms with Crippen molar-refractivity contribution < 1.29 is 14.7 Å². The van der Waals surface area contributed by atoms with Gasteiger partial charge < -0.3 is 10.8 Å². The van der Waals surface area contributed by atoms with Gasteiger partial charge in [-0.1, -0.05) is 0 Å². The Bertz CT molecular complexity index is 488. The second-order valence-corrected chi connectivity index (χ2v) is 6.67. The van der Waals surface area contributed by atoms with Gasteiger partial charge in [0, 0.05) is 17.1 Å². The molecule has 0 unspecified atom stereocenters. The maximum Gasteiger partial charge on any atom is 0.303 e. The van der Waals surface area contributed by atoms with Gasteiger partial charge in [-0.25, -0.2) is 0 Å². The summed E-state index contributed by atoms with van der Waals surface area (Å²) in [6, 6.07) is 1.85. The zero-order valence-electron chi connectivity index (χ0n) is 8.47. The van der Waals surface area contributed by atoms with Crippen LogP contribution in [0.2, 0.25) is 0 Å². The van der Waals surface area contributed by atoms with Crippen LogP contribution in [0.25, 0.3) is 0 Å². The van der Waals surface area contributed by atoms with Crippen molar-refractivity contribution in [2.75, 3.05) is 0 Å². The first kappa shape index (κ1) is 15.4. The van der Waals surface area contributed by atoms with E-state index in [1.165, 1.54) is 0 Å². The molecule has 0 aliphatic carbocycles. The fraction of sp³-hybridized carbons (Fsp3) is 0.200. The van der Waals surface area contributed by atoms with Gasteiger partial charge in [0.2, 0.25) is 0 Å². The highest BCUT2D eigenvalue weighted by Crippen LogP contribution is 2.28. The molecule has 1 aromatic carbocycles. The highest BCUT2D eigenvalue weighted by atomic mass is 127. The number of halogens is 3. The summed E-state index contributed by atoms with van der Waals surface area (Å²) in [7, 11) is 0. The molecule has 3 N–H and O–H groups in total. The minimum Gasteiger partial charge on any atom is -0.481 e. The number of benzene rings is 1. The van der Waals surface area contributed by atoms with Crippen LogP contribution in [0.3, 0.4) is 0 Å². The van der Waals surface area contributed by atoms with Crippen LogP contribution in [0.1, 0.15) is 22.3 Å². The van der Waals surface area contributed by atoms with Crippen LogP contribution >= 0.6 is 67.8 Å². The number of rotatable bonds is 4. The molecule has 0 aliphatic rings. The van der Waals surface area contributed by atoms with E-state index in [0.717, 1.165) is 16.3 Å². The van der Waals surface area contributed by atoms with Crippen LogP contribution in [-0.2, 0) is 11.2 Å². The van der Waals surface area contributed by atoms with E-state index >= 15 is 0 Å². The molecule has 92 valence electrons. The molecule has 4 nitrogen and oxygen atoms in total. The molecular formula is C10H8I3NO3. The lowest BCUT2D eigenvalue weighted by atomic mass is 10.1. The van der Waals surface area contributed by atoms with Crippen LogP contribution in [0.4, 0.5) is 0 Å². The Labute approximate surface area is 139 Å². The summed E-state index contributed by atoms with van der Waals surface area (Å²) in [5, 5.41) is 8.69. The van der Waals surface area contributed by atoms with Crippen molar-refractivity contribution in [1.29, 1.82) is 0 Å². The summed E-state index contributed by atoms with van der Waals surface area (Å²) >= 11 is 6.25. The minimum absolute atomic E-state index is 0.0464. The largest absolute Gasteiger partial charge is 0.481 e. The Morgan fingerprint density at radius 2 is 1.82 bits per heavy atom. The molecule has 1 amide bonds. The number of hydrogen-bond donors (Lipinski definition) is 2. The van der Waals surface area contributed by atoms with E-state index in [1.807, 2.05) is 6.07 Å². The summed E-state index contributed by atoms with van der Waals surface area (Å²) in [5.41, 5.74) is 6.68. The standard InChI is InChI=1S/C10H8I3NO3/c11-5-3-6(12)8(10(14)17)9(13)4(5)1-2-7(15)16/h3H,1-2H2,(H2,14,17)(H,15,16). The lowest BCUT2D eigenvalue weighted by Gasteiger charge is -2.11. The van der Waals surface area contributed by atoms with Crippen molar-refractivity contribution in [3.63, 3.8) is 0 Å². The van der Waals surface area contributed by atoms with Gasteiger partial charge in [0.25, 0.3) is 5.91 Å². The molecule has 0 atom stereocenters. The third kappa shape index (κ3) is 3.91. The molecule has 0 aromatic heterocycles. The van der Waals surface area contributed by atoms with Crippen LogP contribution in [0.5, 0.6) is 0 Å². The maximum atomic E-state index is 11.3. The van der Waals surface area contributed by atoms with Gasteiger partial charge in [0.1, 0.15) is 0 Å². The Morgan fingerprint density at radius 3 is 2.29 bits per heavy atom. The van der Waals surface area contributed by atoms with Gasteiger partial charge in [-0.2, -0.15) is 0 Å². The monoisotopic (exact) mass is 571 g/mol. The van der Waals surface area contributed by atoms with Gasteiger partial charge in [-0.3, -0.25) is 9.59 Å². The SMILES string of the molecule is NC(=O)c1c(I)cc(I)c(CCC(=O)O)c1I. The van der Waals surface area contributed by atoms with Crippen molar-refractivity contribution in [2.45, 2.75) is 12.8 Å². The Morgan fingerprint density at radius 1 is 1.24 bits per heavy atom. The summed E-state index contributed by atoms with van der Waals surface area (Å²) in [5.74, 6) is -1.33. The minimum atomic E-state index is -0.851. The van der Waals surface area contributed by atoms with Gasteiger partial charge in [0.15, 0.2) is 0 Å². The number of carbonyl (C=O) groups is 2. The van der Waals surface area contributed by atoms with Crippen LogP contribution in [0, 0.1) is 10.7 Å². The summed E-state index contributed by atoms with van der Waals surface area (Å²) < 4.78 is 2.51. The van der Waals surface area contributed by atoms with E-state index in [-0.39, 0.29) is 6.42 Å². The van der Waals surface area contributed by atoms with Gasteiger partial charge >= 0.3 is 5.97 Å². The molecule has 17 heavy (non-hydrogen) atoms. The summed E-state index contributed by atoms with van der Waals surface area (Å²) in [6.07, 6.45) is 0.452. The van der Waals surface area contributed by atoms with E-state index in [2.05, 4.69) is 67.8 Å². The van der Waals surface area contributed by atoms with E-state index in [0.29, 0.717) is 12.0 Å². The van der Waals surface area contributed by atoms with Crippen molar-refractivity contribution in [1.82, 2.24) is 0 Å². The van der Waals surface area contributed by atoms with Gasteiger partial charge in [-0.05, 0) is 85.8 Å². The summed E-state index contributed by atoms with van der Waals surface area (Å²) in [4.78, 5) is 21.9. The molecule has 0 aliphatic heterocycles. The first-order chi connectivity index (χ1) is 7.84. The lowest BCUT2D eigenvalue weighted by molar-refractivity contribution is -0.136. The third-order valence-electron chi connectivity index (χ3n) is 2.10. The van der Waals surface area contributed by atoms with Crippen LogP contribution in [-0.4, -0.2) is 17.0 Å². The van der Waals surface area contributed by atoms with Crippen molar-refractivity contribution in [3.8, 4) is 0 Å². The van der Waals surface area contributed by atoms with Crippen molar-refractivity contribution in [2.24, 2.45) is 5.73 Å². The predicted molar refractivity (Wildman–Crippen MR) is 89.1 cm³/mol. The Balaban J connectivity index is 3.25. The van der Waals surface area contributed by atoms with E-state index in [1.54, 1.807) is 0 Å². The third-order valence-corrected chi connectivity index (χ3v) is 5.10. The molecule has 1 aromatic rings. The number of hydrogen-bond acceptors (Lipinski definition) is 2. The molecule has 0 radical (unpaired) electrons. The highest BCUT2D eigenvalue weighted by molar-refractivity contribution is 14.1. The fourth-order valence-corrected chi connectivity index (χ4v) is 5.76. The quantitative estimate of drug-likeness (QED) is 0.547. The fourth-order valence-electron chi connectivity index (χ4n) is 1.32. The molecule has 0 saturated carbocycles. The molecule has 0 spiro atoms. The number of aliphatic carboxylic acids is 1. The lowest BCUT2D eigenvalue weighted by Crippen LogP contribution is -2.17. The Kier molecular flexibility index (Phi) is 5.89. The predicted octanol–water partition coefficient (Wildman–Crippen LogP) is 2.62. The average Bonchev–Trinajstić information content (AvgIpc) is 2.14. The maximum absolute atomic E-state index is 11.3. The number of amides is 1. The van der Waals surface area contributed by atoms with Gasteiger partial charge in [-0.15, -0.1) is 0 Å². The Hall–Kier alpha value is 0.350.